The Hall–Kier alpha value is 0.270. The van der Waals surface area contributed by atoms with Crippen molar-refractivity contribution in [2.24, 2.45) is 23.7 Å². The van der Waals surface area contributed by atoms with Gasteiger partial charge in [0, 0.05) is 17.7 Å². The van der Waals surface area contributed by atoms with Gasteiger partial charge in [-0.1, -0.05) is 25.7 Å². The van der Waals surface area contributed by atoms with E-state index in [4.69, 9.17) is 0 Å². The third-order valence-corrected chi connectivity index (χ3v) is 7.88. The van der Waals surface area contributed by atoms with Crippen LogP contribution in [0.4, 0.5) is 0 Å². The Labute approximate surface area is 134 Å². The maximum absolute atomic E-state index is 10.9. The lowest BCUT2D eigenvalue weighted by molar-refractivity contribution is 0.0259. The van der Waals surface area contributed by atoms with Crippen LogP contribution in [0.25, 0.3) is 0 Å². The Kier molecular flexibility index (Phi) is 5.92. The summed E-state index contributed by atoms with van der Waals surface area (Å²) >= 11 is 2.01. The van der Waals surface area contributed by atoms with Gasteiger partial charge in [-0.3, -0.25) is 0 Å². The highest BCUT2D eigenvalue weighted by Crippen LogP contribution is 2.46. The maximum Gasteiger partial charge on any atom is 0.0701 e. The Morgan fingerprint density at radius 1 is 1.05 bits per heavy atom. The highest BCUT2D eigenvalue weighted by Gasteiger charge is 2.40. The van der Waals surface area contributed by atoms with E-state index in [0.29, 0.717) is 11.2 Å². The van der Waals surface area contributed by atoms with E-state index in [-0.39, 0.29) is 6.10 Å². The van der Waals surface area contributed by atoms with Gasteiger partial charge in [0.2, 0.25) is 0 Å². The second kappa shape index (κ2) is 7.70. The largest absolute Gasteiger partial charge is 0.392 e. The predicted molar refractivity (Wildman–Crippen MR) is 91.7 cm³/mol. The second-order valence-corrected chi connectivity index (χ2v) is 8.99. The molecule has 0 aromatic heterocycles. The molecule has 0 radical (unpaired) electrons. The molecule has 0 bridgehead atoms. The van der Waals surface area contributed by atoms with Gasteiger partial charge >= 0.3 is 0 Å². The molecule has 2 saturated carbocycles. The van der Waals surface area contributed by atoms with Crippen molar-refractivity contribution in [3.8, 4) is 0 Å². The van der Waals surface area contributed by atoms with Gasteiger partial charge in [-0.15, -0.1) is 0 Å². The lowest BCUT2D eigenvalue weighted by Crippen LogP contribution is -2.43. The van der Waals surface area contributed by atoms with Crippen LogP contribution in [0.2, 0.25) is 0 Å². The second-order valence-electron chi connectivity index (χ2n) is 7.64. The van der Waals surface area contributed by atoms with E-state index in [1.165, 1.54) is 63.5 Å². The van der Waals surface area contributed by atoms with E-state index >= 15 is 0 Å². The van der Waals surface area contributed by atoms with Crippen molar-refractivity contribution < 1.29 is 5.11 Å². The van der Waals surface area contributed by atoms with E-state index in [1.54, 1.807) is 0 Å². The standard InChI is InChI=1S/C18H33NOS/c1-19-12-16(18(20)17-7-4-10-21-17)15-9-8-13-5-2-3-6-14(13)11-15/h13-20H,2-12H2,1H3/t13?,14?,15?,16-,17?,18+/m0/s1. The molecule has 1 aliphatic heterocycles. The number of fused-ring (bicyclic) bond motifs is 1. The van der Waals surface area contributed by atoms with Crippen molar-refractivity contribution in [1.29, 1.82) is 0 Å². The summed E-state index contributed by atoms with van der Waals surface area (Å²) in [4.78, 5) is 0. The molecule has 0 aromatic carbocycles. The van der Waals surface area contributed by atoms with Crippen molar-refractivity contribution in [1.82, 2.24) is 5.32 Å². The van der Waals surface area contributed by atoms with Gasteiger partial charge in [-0.25, -0.2) is 0 Å². The molecule has 2 nitrogen and oxygen atoms in total. The monoisotopic (exact) mass is 311 g/mol. The third kappa shape index (κ3) is 3.79. The Bertz CT molecular complexity index is 318. The van der Waals surface area contributed by atoms with E-state index in [9.17, 15) is 5.11 Å². The molecule has 21 heavy (non-hydrogen) atoms. The molecule has 6 atom stereocenters. The Morgan fingerprint density at radius 3 is 2.57 bits per heavy atom. The van der Waals surface area contributed by atoms with Crippen LogP contribution in [-0.2, 0) is 0 Å². The number of rotatable bonds is 5. The first-order chi connectivity index (χ1) is 10.3. The van der Waals surface area contributed by atoms with E-state index in [2.05, 4.69) is 5.32 Å². The summed E-state index contributed by atoms with van der Waals surface area (Å²) in [7, 11) is 2.05. The zero-order valence-electron chi connectivity index (χ0n) is 13.6. The molecule has 2 aliphatic carbocycles. The molecule has 3 aliphatic rings. The van der Waals surface area contributed by atoms with Crippen LogP contribution >= 0.6 is 11.8 Å². The van der Waals surface area contributed by atoms with E-state index < -0.39 is 0 Å². The van der Waals surface area contributed by atoms with Crippen LogP contribution in [-0.4, -0.2) is 35.8 Å². The molecular formula is C18H33NOS. The van der Waals surface area contributed by atoms with Crippen molar-refractivity contribution >= 4 is 11.8 Å². The van der Waals surface area contributed by atoms with E-state index in [1.807, 2.05) is 18.8 Å². The van der Waals surface area contributed by atoms with Gasteiger partial charge in [-0.05, 0) is 62.7 Å². The summed E-state index contributed by atoms with van der Waals surface area (Å²) in [6.07, 6.45) is 12.5. The first-order valence-corrected chi connectivity index (χ1v) is 10.3. The molecule has 4 unspecified atom stereocenters. The quantitative estimate of drug-likeness (QED) is 0.812. The maximum atomic E-state index is 10.9. The zero-order valence-corrected chi connectivity index (χ0v) is 14.4. The van der Waals surface area contributed by atoms with Gasteiger partial charge in [0.25, 0.3) is 0 Å². The first kappa shape index (κ1) is 16.1. The Balaban J connectivity index is 1.62. The highest BCUT2D eigenvalue weighted by atomic mass is 32.2. The smallest absolute Gasteiger partial charge is 0.0701 e. The normalized spacial score (nSPS) is 39.7. The predicted octanol–water partition coefficient (Wildman–Crippen LogP) is 3.69. The molecule has 0 aromatic rings. The molecular weight excluding hydrogens is 278 g/mol. The van der Waals surface area contributed by atoms with Gasteiger partial charge in [0.1, 0.15) is 0 Å². The molecule has 1 heterocycles. The van der Waals surface area contributed by atoms with Crippen molar-refractivity contribution in [2.75, 3.05) is 19.3 Å². The highest BCUT2D eigenvalue weighted by molar-refractivity contribution is 8.00. The van der Waals surface area contributed by atoms with Crippen molar-refractivity contribution in [3.05, 3.63) is 0 Å². The molecule has 3 heteroatoms. The van der Waals surface area contributed by atoms with Gasteiger partial charge < -0.3 is 10.4 Å². The fourth-order valence-corrected chi connectivity index (χ4v) is 6.62. The van der Waals surface area contributed by atoms with Gasteiger partial charge in [0.15, 0.2) is 0 Å². The number of aliphatic hydroxyl groups excluding tert-OH is 1. The molecule has 2 N–H and O–H groups in total. The SMILES string of the molecule is CNC[C@@H](C1CCC2CCCCC2C1)[C@@H](O)C1CCCS1. The summed E-state index contributed by atoms with van der Waals surface area (Å²) in [5.41, 5.74) is 0. The minimum Gasteiger partial charge on any atom is -0.392 e. The van der Waals surface area contributed by atoms with E-state index in [0.717, 1.165) is 24.3 Å². The Morgan fingerprint density at radius 2 is 1.86 bits per heavy atom. The zero-order chi connectivity index (χ0) is 14.7. The summed E-state index contributed by atoms with van der Waals surface area (Å²) < 4.78 is 0. The summed E-state index contributed by atoms with van der Waals surface area (Å²) in [5.74, 6) is 4.48. The topological polar surface area (TPSA) is 32.3 Å². The fourth-order valence-electron chi connectivity index (χ4n) is 5.25. The van der Waals surface area contributed by atoms with Crippen molar-refractivity contribution in [2.45, 2.75) is 69.1 Å². The molecule has 3 fully saturated rings. The van der Waals surface area contributed by atoms with Crippen LogP contribution in [0.3, 0.4) is 0 Å². The molecule has 1 saturated heterocycles. The fraction of sp³-hybridized carbons (Fsp3) is 1.00. The minimum absolute atomic E-state index is 0.0879. The average molecular weight is 312 g/mol. The van der Waals surface area contributed by atoms with Gasteiger partial charge in [0.05, 0.1) is 6.10 Å². The average Bonchev–Trinajstić information content (AvgIpc) is 3.06. The lowest BCUT2D eigenvalue weighted by Gasteiger charge is -2.43. The number of nitrogens with one attached hydrogen (secondary N) is 1. The van der Waals surface area contributed by atoms with Crippen LogP contribution in [0, 0.1) is 23.7 Å². The number of aliphatic hydroxyl groups is 1. The molecule has 0 spiro atoms. The molecule has 122 valence electrons. The summed E-state index contributed by atoms with van der Waals surface area (Å²) in [6.45, 7) is 1.00. The van der Waals surface area contributed by atoms with Gasteiger partial charge in [-0.2, -0.15) is 11.8 Å². The number of hydrogen-bond acceptors (Lipinski definition) is 3. The summed E-state index contributed by atoms with van der Waals surface area (Å²) in [6, 6.07) is 0. The van der Waals surface area contributed by atoms with Crippen LogP contribution < -0.4 is 5.32 Å². The minimum atomic E-state index is -0.0879. The molecule has 0 amide bonds. The van der Waals surface area contributed by atoms with Crippen molar-refractivity contribution in [3.63, 3.8) is 0 Å². The summed E-state index contributed by atoms with van der Waals surface area (Å²) in [5, 5.41) is 14.8. The number of thioether (sulfide) groups is 1. The molecule has 3 rings (SSSR count). The first-order valence-electron chi connectivity index (χ1n) is 9.24. The van der Waals surface area contributed by atoms with Crippen LogP contribution in [0.5, 0.6) is 0 Å². The third-order valence-electron chi connectivity index (χ3n) is 6.41. The lowest BCUT2D eigenvalue weighted by atomic mass is 9.64. The number of hydrogen-bond donors (Lipinski definition) is 2. The van der Waals surface area contributed by atoms with Crippen LogP contribution in [0.15, 0.2) is 0 Å². The van der Waals surface area contributed by atoms with Crippen LogP contribution in [0.1, 0.15) is 57.8 Å².